The monoisotopic (exact) mass is 478 g/mol. The highest BCUT2D eigenvalue weighted by atomic mass is 31.2. The van der Waals surface area contributed by atoms with Crippen molar-refractivity contribution in [2.24, 2.45) is 0 Å². The van der Waals surface area contributed by atoms with E-state index in [2.05, 4.69) is 13.8 Å². The first-order valence-electron chi connectivity index (χ1n) is 12.7. The average Bonchev–Trinajstić information content (AvgIpc) is 2.74. The van der Waals surface area contributed by atoms with Crippen LogP contribution in [0, 0.1) is 0 Å². The molecule has 1 unspecified atom stereocenters. The summed E-state index contributed by atoms with van der Waals surface area (Å²) in [4.78, 5) is 43.0. The molecule has 0 aliphatic carbocycles. The van der Waals surface area contributed by atoms with Gasteiger partial charge in [-0.1, -0.05) is 104 Å². The molecular weight excluding hydrogens is 431 g/mol. The molecule has 0 bridgehead atoms. The molecule has 8 heteroatoms. The molecule has 0 aliphatic heterocycles. The Kier molecular flexibility index (Phi) is 20.1. The van der Waals surface area contributed by atoms with Crippen molar-refractivity contribution in [2.45, 2.75) is 129 Å². The van der Waals surface area contributed by atoms with E-state index in [0.29, 0.717) is 12.8 Å². The molecule has 0 spiro atoms. The van der Waals surface area contributed by atoms with Crippen molar-refractivity contribution in [3.63, 3.8) is 0 Å². The molecule has 0 saturated heterocycles. The number of unbranched alkanes of at least 4 members (excludes halogenated alkanes) is 14. The Hall–Kier alpha value is -0.910. The molecule has 0 saturated carbocycles. The van der Waals surface area contributed by atoms with Crippen LogP contribution >= 0.6 is 7.60 Å². The Morgan fingerprint density at radius 1 is 0.656 bits per heavy atom. The van der Waals surface area contributed by atoms with E-state index in [-0.39, 0.29) is 13.2 Å². The van der Waals surface area contributed by atoms with Gasteiger partial charge >= 0.3 is 19.5 Å². The molecular formula is C24H47O7P. The van der Waals surface area contributed by atoms with Crippen LogP contribution in [0.5, 0.6) is 0 Å². The maximum absolute atomic E-state index is 12.1. The number of hydrogen-bond donors (Lipinski definition) is 2. The van der Waals surface area contributed by atoms with Crippen LogP contribution in [0.4, 0.5) is 0 Å². The Balaban J connectivity index is 4.01. The topological polar surface area (TPSA) is 110 Å². The van der Waals surface area contributed by atoms with Crippen LogP contribution in [0.25, 0.3) is 0 Å². The van der Waals surface area contributed by atoms with Crippen molar-refractivity contribution in [1.82, 2.24) is 0 Å². The first-order chi connectivity index (χ1) is 15.3. The first kappa shape index (κ1) is 31.1. The Morgan fingerprint density at radius 2 is 1.03 bits per heavy atom. The summed E-state index contributed by atoms with van der Waals surface area (Å²) in [7, 11) is -4.80. The normalized spacial score (nSPS) is 12.5. The highest BCUT2D eigenvalue weighted by Crippen LogP contribution is 2.43. The van der Waals surface area contributed by atoms with Gasteiger partial charge in [-0.05, 0) is 12.8 Å². The summed E-state index contributed by atoms with van der Waals surface area (Å²) < 4.78 is 21.8. The zero-order chi connectivity index (χ0) is 24.1. The second-order valence-electron chi connectivity index (χ2n) is 8.65. The molecule has 1 atom stereocenters. The first-order valence-corrected chi connectivity index (χ1v) is 14.4. The van der Waals surface area contributed by atoms with Gasteiger partial charge in [0.15, 0.2) is 5.66 Å². The van der Waals surface area contributed by atoms with Gasteiger partial charge in [0.2, 0.25) is 0 Å². The number of carbonyl (C=O) groups excluding carboxylic acids is 2. The predicted octanol–water partition coefficient (Wildman–Crippen LogP) is 6.29. The second kappa shape index (κ2) is 20.7. The van der Waals surface area contributed by atoms with Crippen LogP contribution in [-0.2, 0) is 23.6 Å². The van der Waals surface area contributed by atoms with E-state index in [9.17, 15) is 23.9 Å². The molecule has 2 N–H and O–H groups in total. The van der Waals surface area contributed by atoms with Gasteiger partial charge in [0.1, 0.15) is 0 Å². The van der Waals surface area contributed by atoms with Gasteiger partial charge in [0.05, 0.1) is 19.6 Å². The number of esters is 2. The third-order valence-corrected chi connectivity index (χ3v) is 6.75. The fraction of sp³-hybridized carbons (Fsp3) is 0.917. The summed E-state index contributed by atoms with van der Waals surface area (Å²) in [6, 6.07) is 0. The molecule has 7 nitrogen and oxygen atoms in total. The fourth-order valence-electron chi connectivity index (χ4n) is 3.48. The zero-order valence-corrected chi connectivity index (χ0v) is 21.3. The maximum Gasteiger partial charge on any atom is 0.340 e. The minimum Gasteiger partial charge on any atom is -0.466 e. The van der Waals surface area contributed by atoms with Crippen molar-refractivity contribution in [3.05, 3.63) is 0 Å². The van der Waals surface area contributed by atoms with E-state index < -0.39 is 31.6 Å². The number of carbonyl (C=O) groups is 2. The third-order valence-electron chi connectivity index (χ3n) is 5.54. The largest absolute Gasteiger partial charge is 0.466 e. The van der Waals surface area contributed by atoms with E-state index in [1.165, 1.54) is 57.8 Å². The zero-order valence-electron chi connectivity index (χ0n) is 20.4. The average molecular weight is 479 g/mol. The lowest BCUT2D eigenvalue weighted by Crippen LogP contribution is -2.28. The van der Waals surface area contributed by atoms with Crippen LogP contribution in [0.15, 0.2) is 0 Å². The van der Waals surface area contributed by atoms with E-state index in [1.807, 2.05) is 0 Å². The van der Waals surface area contributed by atoms with Crippen LogP contribution in [0.2, 0.25) is 0 Å². The van der Waals surface area contributed by atoms with Gasteiger partial charge in [-0.25, -0.2) is 0 Å². The van der Waals surface area contributed by atoms with Crippen molar-refractivity contribution in [3.8, 4) is 0 Å². The highest BCUT2D eigenvalue weighted by molar-refractivity contribution is 7.53. The Labute approximate surface area is 195 Å². The SMILES string of the molecule is CCCCCCCCCCOC(=O)CC(C(=O)OCCCCCCCCCC)P(=O)(O)O. The summed E-state index contributed by atoms with van der Waals surface area (Å²) in [5.41, 5.74) is -1.79. The Bertz CT molecular complexity index is 518. The summed E-state index contributed by atoms with van der Waals surface area (Å²) in [6.45, 7) is 4.67. The molecule has 0 rings (SSSR count). The lowest BCUT2D eigenvalue weighted by Gasteiger charge is -2.16. The van der Waals surface area contributed by atoms with Gasteiger partial charge in [-0.3, -0.25) is 14.2 Å². The van der Waals surface area contributed by atoms with E-state index in [1.54, 1.807) is 0 Å². The summed E-state index contributed by atoms with van der Waals surface area (Å²) in [5.74, 6) is -1.80. The Morgan fingerprint density at radius 3 is 1.44 bits per heavy atom. The van der Waals surface area contributed by atoms with E-state index >= 15 is 0 Å². The number of hydrogen-bond acceptors (Lipinski definition) is 5. The quantitative estimate of drug-likeness (QED) is 0.107. The molecule has 0 heterocycles. The van der Waals surface area contributed by atoms with Gasteiger partial charge in [-0.2, -0.15) is 0 Å². The lowest BCUT2D eigenvalue weighted by molar-refractivity contribution is -0.150. The predicted molar refractivity (Wildman–Crippen MR) is 128 cm³/mol. The third kappa shape index (κ3) is 18.6. The van der Waals surface area contributed by atoms with Gasteiger partial charge in [0, 0.05) is 0 Å². The lowest BCUT2D eigenvalue weighted by atomic mass is 10.1. The molecule has 0 aromatic rings. The summed E-state index contributed by atoms with van der Waals surface area (Å²) in [5, 5.41) is 0. The van der Waals surface area contributed by atoms with Crippen LogP contribution in [0.3, 0.4) is 0 Å². The molecule has 0 aliphatic rings. The van der Waals surface area contributed by atoms with Crippen molar-refractivity contribution >= 4 is 19.5 Å². The molecule has 32 heavy (non-hydrogen) atoms. The molecule has 0 radical (unpaired) electrons. The number of ether oxygens (including phenoxy) is 2. The molecule has 0 amide bonds. The minimum absolute atomic E-state index is 0.109. The molecule has 0 fully saturated rings. The van der Waals surface area contributed by atoms with Gasteiger partial charge in [0.25, 0.3) is 0 Å². The van der Waals surface area contributed by atoms with Crippen molar-refractivity contribution in [1.29, 1.82) is 0 Å². The van der Waals surface area contributed by atoms with Crippen LogP contribution < -0.4 is 0 Å². The number of rotatable bonds is 22. The molecule has 190 valence electrons. The smallest absolute Gasteiger partial charge is 0.340 e. The van der Waals surface area contributed by atoms with Gasteiger partial charge in [-0.15, -0.1) is 0 Å². The second-order valence-corrected chi connectivity index (χ2v) is 10.4. The molecule has 0 aromatic carbocycles. The summed E-state index contributed by atoms with van der Waals surface area (Å²) >= 11 is 0. The summed E-state index contributed by atoms with van der Waals surface area (Å²) in [6.07, 6.45) is 16.9. The molecule has 0 aromatic heterocycles. The van der Waals surface area contributed by atoms with Gasteiger partial charge < -0.3 is 19.3 Å². The van der Waals surface area contributed by atoms with Crippen molar-refractivity contribution in [2.75, 3.05) is 13.2 Å². The van der Waals surface area contributed by atoms with Crippen LogP contribution in [0.1, 0.15) is 123 Å². The maximum atomic E-state index is 12.1. The van der Waals surface area contributed by atoms with Crippen molar-refractivity contribution < 1.29 is 33.4 Å². The van der Waals surface area contributed by atoms with E-state index in [0.717, 1.165) is 32.1 Å². The van der Waals surface area contributed by atoms with E-state index in [4.69, 9.17) is 9.47 Å². The standard InChI is InChI=1S/C24H47O7P/c1-3-5-7-9-11-13-15-17-19-30-23(25)21-22(32(27,28)29)24(26)31-20-18-16-14-12-10-8-6-4-2/h22H,3-21H2,1-2H3,(H2,27,28,29). The van der Waals surface area contributed by atoms with Crippen LogP contribution in [-0.4, -0.2) is 40.6 Å². The highest BCUT2D eigenvalue weighted by Gasteiger charge is 2.39. The fourth-order valence-corrected chi connectivity index (χ4v) is 4.22. The minimum atomic E-state index is -4.80.